The van der Waals surface area contributed by atoms with Crippen LogP contribution in [-0.2, 0) is 19.1 Å². The standard InChI is InChI=1S/C35H28N2O6/c38-33(36-26-13-17-29(18-14-26)42-28-9-2-1-3-10-28)23-41-35(40)25-21-34(39)37(22-25)27-15-19-30(20-16-27)43-32-12-6-8-24-7-4-5-11-31(24)32/h1-20,25H,21-23H2,(H,36,38)/t25-/m0/s1. The van der Waals surface area contributed by atoms with Gasteiger partial charge >= 0.3 is 5.97 Å². The number of fused-ring (bicyclic) bond motifs is 1. The Morgan fingerprint density at radius 3 is 2.16 bits per heavy atom. The molecule has 1 fully saturated rings. The van der Waals surface area contributed by atoms with Crippen LogP contribution in [0.1, 0.15) is 6.42 Å². The molecule has 1 aliphatic rings. The molecule has 0 spiro atoms. The minimum absolute atomic E-state index is 0.0115. The summed E-state index contributed by atoms with van der Waals surface area (Å²) in [5.41, 5.74) is 1.19. The first kappa shape index (κ1) is 27.5. The monoisotopic (exact) mass is 572 g/mol. The van der Waals surface area contributed by atoms with Crippen LogP contribution >= 0.6 is 0 Å². The largest absolute Gasteiger partial charge is 0.457 e. The number of ether oxygens (including phenoxy) is 3. The van der Waals surface area contributed by atoms with Gasteiger partial charge in [-0.25, -0.2) is 0 Å². The van der Waals surface area contributed by atoms with Crippen molar-refractivity contribution in [3.05, 3.63) is 121 Å². The van der Waals surface area contributed by atoms with Crippen LogP contribution in [0.4, 0.5) is 11.4 Å². The van der Waals surface area contributed by atoms with Crippen molar-refractivity contribution >= 4 is 39.9 Å². The molecule has 1 atom stereocenters. The Balaban J connectivity index is 0.989. The smallest absolute Gasteiger partial charge is 0.311 e. The van der Waals surface area contributed by atoms with E-state index in [0.717, 1.165) is 16.5 Å². The van der Waals surface area contributed by atoms with Crippen LogP contribution < -0.4 is 19.7 Å². The predicted molar refractivity (Wildman–Crippen MR) is 163 cm³/mol. The molecule has 1 heterocycles. The Morgan fingerprint density at radius 2 is 1.37 bits per heavy atom. The fourth-order valence-electron chi connectivity index (χ4n) is 4.90. The van der Waals surface area contributed by atoms with Gasteiger partial charge in [-0.1, -0.05) is 54.6 Å². The van der Waals surface area contributed by atoms with Crippen LogP contribution in [0.2, 0.25) is 0 Å². The summed E-state index contributed by atoms with van der Waals surface area (Å²) >= 11 is 0. The normalized spacial score (nSPS) is 14.4. The maximum absolute atomic E-state index is 12.7. The topological polar surface area (TPSA) is 94.2 Å². The number of benzene rings is 5. The number of esters is 1. The first-order valence-corrected chi connectivity index (χ1v) is 13.9. The Kier molecular flexibility index (Phi) is 7.99. The van der Waals surface area contributed by atoms with Gasteiger partial charge < -0.3 is 24.4 Å². The summed E-state index contributed by atoms with van der Waals surface area (Å²) < 4.78 is 17.1. The summed E-state index contributed by atoms with van der Waals surface area (Å²) in [5.74, 6) is 0.780. The molecule has 1 aliphatic heterocycles. The molecule has 1 N–H and O–H groups in total. The van der Waals surface area contributed by atoms with Crippen molar-refractivity contribution in [3.63, 3.8) is 0 Å². The van der Waals surface area contributed by atoms with Gasteiger partial charge in [-0.15, -0.1) is 0 Å². The molecular weight excluding hydrogens is 544 g/mol. The molecular formula is C35H28N2O6. The Hall–Kier alpha value is -5.63. The third-order valence-electron chi connectivity index (χ3n) is 7.05. The minimum atomic E-state index is -0.665. The highest BCUT2D eigenvalue weighted by molar-refractivity contribution is 6.00. The molecule has 5 aromatic carbocycles. The zero-order valence-corrected chi connectivity index (χ0v) is 23.1. The van der Waals surface area contributed by atoms with E-state index in [4.69, 9.17) is 14.2 Å². The van der Waals surface area contributed by atoms with Gasteiger partial charge in [0.2, 0.25) is 5.91 Å². The molecule has 2 amide bonds. The Labute approximate surface area is 248 Å². The van der Waals surface area contributed by atoms with E-state index in [-0.39, 0.29) is 18.9 Å². The number of nitrogens with one attached hydrogen (secondary N) is 1. The SMILES string of the molecule is O=C(COC(=O)[C@H]1CC(=O)N(c2ccc(Oc3cccc4ccccc34)cc2)C1)Nc1ccc(Oc2ccccc2)cc1. The lowest BCUT2D eigenvalue weighted by Crippen LogP contribution is -2.28. The van der Waals surface area contributed by atoms with E-state index in [9.17, 15) is 14.4 Å². The maximum Gasteiger partial charge on any atom is 0.311 e. The van der Waals surface area contributed by atoms with E-state index in [1.54, 1.807) is 53.4 Å². The molecule has 0 aromatic heterocycles. The molecule has 0 unspecified atom stereocenters. The third kappa shape index (κ3) is 6.65. The van der Waals surface area contributed by atoms with Crippen molar-refractivity contribution < 1.29 is 28.6 Å². The van der Waals surface area contributed by atoms with Crippen LogP contribution in [0.5, 0.6) is 23.0 Å². The van der Waals surface area contributed by atoms with E-state index in [1.807, 2.05) is 72.8 Å². The lowest BCUT2D eigenvalue weighted by molar-refractivity contribution is -0.151. The maximum atomic E-state index is 12.7. The van der Waals surface area contributed by atoms with Crippen molar-refractivity contribution in [3.8, 4) is 23.0 Å². The molecule has 0 saturated carbocycles. The zero-order chi connectivity index (χ0) is 29.6. The number of hydrogen-bond donors (Lipinski definition) is 1. The van der Waals surface area contributed by atoms with E-state index in [1.165, 1.54) is 0 Å². The van der Waals surface area contributed by atoms with Crippen LogP contribution in [0, 0.1) is 5.92 Å². The summed E-state index contributed by atoms with van der Waals surface area (Å²) in [6.45, 7) is -0.280. The van der Waals surface area contributed by atoms with Crippen molar-refractivity contribution in [2.45, 2.75) is 6.42 Å². The predicted octanol–water partition coefficient (Wildman–Crippen LogP) is 6.96. The zero-order valence-electron chi connectivity index (χ0n) is 23.1. The van der Waals surface area contributed by atoms with Gasteiger partial charge in [-0.05, 0) is 72.1 Å². The van der Waals surface area contributed by atoms with Crippen molar-refractivity contribution in [2.24, 2.45) is 5.92 Å². The number of carbonyl (C=O) groups excluding carboxylic acids is 3. The van der Waals surface area contributed by atoms with E-state index >= 15 is 0 Å². The molecule has 8 heteroatoms. The molecule has 214 valence electrons. The van der Waals surface area contributed by atoms with Gasteiger partial charge in [-0.2, -0.15) is 0 Å². The van der Waals surface area contributed by atoms with Gasteiger partial charge in [-0.3, -0.25) is 14.4 Å². The second kappa shape index (κ2) is 12.5. The van der Waals surface area contributed by atoms with E-state index in [0.29, 0.717) is 28.6 Å². The molecule has 8 nitrogen and oxygen atoms in total. The second-order valence-corrected chi connectivity index (χ2v) is 10.1. The fraction of sp³-hybridized carbons (Fsp3) is 0.114. The number of amides is 2. The molecule has 43 heavy (non-hydrogen) atoms. The number of para-hydroxylation sites is 1. The fourth-order valence-corrected chi connectivity index (χ4v) is 4.90. The van der Waals surface area contributed by atoms with Crippen molar-refractivity contribution in [2.75, 3.05) is 23.4 Å². The van der Waals surface area contributed by atoms with Gasteiger partial charge in [0.1, 0.15) is 23.0 Å². The summed E-state index contributed by atoms with van der Waals surface area (Å²) in [6, 6.07) is 37.2. The second-order valence-electron chi connectivity index (χ2n) is 10.1. The number of carbonyl (C=O) groups is 3. The van der Waals surface area contributed by atoms with Gasteiger partial charge in [0.15, 0.2) is 6.61 Å². The molecule has 5 aromatic rings. The summed E-state index contributed by atoms with van der Waals surface area (Å²) in [7, 11) is 0. The molecule has 0 bridgehead atoms. The lowest BCUT2D eigenvalue weighted by Gasteiger charge is -2.17. The first-order valence-electron chi connectivity index (χ1n) is 13.9. The number of nitrogens with zero attached hydrogens (tertiary/aromatic N) is 1. The average Bonchev–Trinajstić information content (AvgIpc) is 3.43. The number of hydrogen-bond acceptors (Lipinski definition) is 6. The number of rotatable bonds is 9. The highest BCUT2D eigenvalue weighted by Gasteiger charge is 2.36. The Bertz CT molecular complexity index is 1750. The summed E-state index contributed by atoms with van der Waals surface area (Å²) in [5, 5.41) is 4.78. The van der Waals surface area contributed by atoms with Gasteiger partial charge in [0, 0.05) is 29.7 Å². The van der Waals surface area contributed by atoms with E-state index < -0.39 is 24.4 Å². The molecule has 6 rings (SSSR count). The number of anilines is 2. The summed E-state index contributed by atoms with van der Waals surface area (Å²) in [6.07, 6.45) is 0.0115. The minimum Gasteiger partial charge on any atom is -0.457 e. The van der Waals surface area contributed by atoms with Gasteiger partial charge in [0.05, 0.1) is 5.92 Å². The highest BCUT2D eigenvalue weighted by atomic mass is 16.5. The Morgan fingerprint density at radius 1 is 0.721 bits per heavy atom. The van der Waals surface area contributed by atoms with Crippen LogP contribution in [0.15, 0.2) is 121 Å². The van der Waals surface area contributed by atoms with Crippen LogP contribution in [0.25, 0.3) is 10.8 Å². The quantitative estimate of drug-likeness (QED) is 0.192. The summed E-state index contributed by atoms with van der Waals surface area (Å²) in [4.78, 5) is 39.4. The third-order valence-corrected chi connectivity index (χ3v) is 7.05. The van der Waals surface area contributed by atoms with E-state index in [2.05, 4.69) is 5.32 Å². The first-order chi connectivity index (χ1) is 21.0. The molecule has 0 aliphatic carbocycles. The lowest BCUT2D eigenvalue weighted by atomic mass is 10.1. The van der Waals surface area contributed by atoms with Crippen LogP contribution in [-0.4, -0.2) is 30.9 Å². The highest BCUT2D eigenvalue weighted by Crippen LogP contribution is 2.32. The van der Waals surface area contributed by atoms with Crippen molar-refractivity contribution in [1.82, 2.24) is 0 Å². The average molecular weight is 573 g/mol. The molecule has 1 saturated heterocycles. The van der Waals surface area contributed by atoms with Gasteiger partial charge in [0.25, 0.3) is 5.91 Å². The van der Waals surface area contributed by atoms with Crippen molar-refractivity contribution in [1.29, 1.82) is 0 Å². The van der Waals surface area contributed by atoms with Crippen LogP contribution in [0.3, 0.4) is 0 Å². The molecule has 0 radical (unpaired) electrons.